The van der Waals surface area contributed by atoms with Gasteiger partial charge in [-0.05, 0) is 31.5 Å². The molecule has 0 saturated carbocycles. The van der Waals surface area contributed by atoms with E-state index < -0.39 is 11.8 Å². The molecule has 108 valence electrons. The topological polar surface area (TPSA) is 73.8 Å². The van der Waals surface area contributed by atoms with Gasteiger partial charge in [0.05, 0.1) is 6.21 Å². The Balaban J connectivity index is 2.52. The third-order valence-corrected chi connectivity index (χ3v) is 2.42. The van der Waals surface area contributed by atoms with Gasteiger partial charge in [-0.25, -0.2) is 5.43 Å². The molecule has 0 fully saturated rings. The Kier molecular flexibility index (Phi) is 5.71. The predicted octanol–water partition coefficient (Wildman–Crippen LogP) is 0.727. The zero-order valence-corrected chi connectivity index (χ0v) is 12.2. The van der Waals surface area contributed by atoms with Crippen LogP contribution in [-0.2, 0) is 9.59 Å². The highest BCUT2D eigenvalue weighted by Gasteiger charge is 2.12. The number of amides is 2. The molecule has 0 aliphatic carbocycles. The van der Waals surface area contributed by atoms with Gasteiger partial charge in [0.2, 0.25) is 0 Å². The number of benzene rings is 1. The van der Waals surface area contributed by atoms with Gasteiger partial charge in [-0.15, -0.1) is 0 Å². The van der Waals surface area contributed by atoms with Crippen LogP contribution in [0.5, 0.6) is 0 Å². The molecule has 2 amide bonds. The van der Waals surface area contributed by atoms with Crippen LogP contribution in [-0.4, -0.2) is 38.2 Å². The van der Waals surface area contributed by atoms with E-state index in [1.165, 1.54) is 6.21 Å². The molecular formula is C14H20N4O2. The first-order valence-electron chi connectivity index (χ1n) is 6.31. The van der Waals surface area contributed by atoms with Crippen molar-refractivity contribution < 1.29 is 9.59 Å². The third-order valence-electron chi connectivity index (χ3n) is 2.42. The summed E-state index contributed by atoms with van der Waals surface area (Å²) < 4.78 is 0. The number of rotatable bonds is 4. The fraction of sp³-hybridized carbons (Fsp3) is 0.357. The quantitative estimate of drug-likeness (QED) is 0.483. The van der Waals surface area contributed by atoms with Crippen LogP contribution in [0.25, 0.3) is 0 Å². The number of hydrogen-bond donors (Lipinski definition) is 2. The lowest BCUT2D eigenvalue weighted by molar-refractivity contribution is -0.139. The Bertz CT molecular complexity index is 492. The molecule has 1 rings (SSSR count). The lowest BCUT2D eigenvalue weighted by atomic mass is 10.2. The van der Waals surface area contributed by atoms with E-state index in [0.29, 0.717) is 0 Å². The SMILES string of the molecule is CC(C)NC(=O)C(=O)N/N=C\c1ccc(N(C)C)cc1. The molecule has 0 radical (unpaired) electrons. The number of nitrogens with one attached hydrogen (secondary N) is 2. The van der Waals surface area contributed by atoms with Crippen molar-refractivity contribution in [1.29, 1.82) is 0 Å². The second-order valence-corrected chi connectivity index (χ2v) is 4.81. The minimum atomic E-state index is -0.778. The van der Waals surface area contributed by atoms with E-state index in [9.17, 15) is 9.59 Å². The molecule has 2 N–H and O–H groups in total. The van der Waals surface area contributed by atoms with E-state index in [1.807, 2.05) is 43.3 Å². The molecule has 6 nitrogen and oxygen atoms in total. The molecule has 6 heteroatoms. The highest BCUT2D eigenvalue weighted by atomic mass is 16.2. The minimum absolute atomic E-state index is 0.0872. The van der Waals surface area contributed by atoms with Crippen molar-refractivity contribution in [3.63, 3.8) is 0 Å². The summed E-state index contributed by atoms with van der Waals surface area (Å²) in [4.78, 5) is 24.7. The molecule has 0 heterocycles. The van der Waals surface area contributed by atoms with Crippen LogP contribution < -0.4 is 15.6 Å². The molecule has 1 aromatic carbocycles. The zero-order valence-electron chi connectivity index (χ0n) is 12.2. The number of carbonyl (C=O) groups is 2. The van der Waals surface area contributed by atoms with E-state index in [2.05, 4.69) is 15.8 Å². The van der Waals surface area contributed by atoms with E-state index in [0.717, 1.165) is 11.3 Å². The minimum Gasteiger partial charge on any atom is -0.378 e. The maximum Gasteiger partial charge on any atom is 0.329 e. The Morgan fingerprint density at radius 1 is 1.15 bits per heavy atom. The first-order valence-corrected chi connectivity index (χ1v) is 6.31. The lowest BCUT2D eigenvalue weighted by Gasteiger charge is -2.11. The second-order valence-electron chi connectivity index (χ2n) is 4.81. The van der Waals surface area contributed by atoms with Crippen LogP contribution in [0.15, 0.2) is 29.4 Å². The van der Waals surface area contributed by atoms with E-state index in [1.54, 1.807) is 13.8 Å². The molecule has 20 heavy (non-hydrogen) atoms. The van der Waals surface area contributed by atoms with Crippen LogP contribution in [0.1, 0.15) is 19.4 Å². The van der Waals surface area contributed by atoms with Crippen molar-refractivity contribution in [2.45, 2.75) is 19.9 Å². The van der Waals surface area contributed by atoms with Gasteiger partial charge < -0.3 is 10.2 Å². The maximum absolute atomic E-state index is 11.4. The van der Waals surface area contributed by atoms with Crippen LogP contribution >= 0.6 is 0 Å². The highest BCUT2D eigenvalue weighted by molar-refractivity contribution is 6.35. The molecule has 0 atom stereocenters. The monoisotopic (exact) mass is 276 g/mol. The van der Waals surface area contributed by atoms with Gasteiger partial charge in [-0.3, -0.25) is 9.59 Å². The molecule has 1 aromatic rings. The number of carbonyl (C=O) groups excluding carboxylic acids is 2. The summed E-state index contributed by atoms with van der Waals surface area (Å²) in [7, 11) is 3.91. The van der Waals surface area contributed by atoms with Crippen LogP contribution in [0.4, 0.5) is 5.69 Å². The fourth-order valence-corrected chi connectivity index (χ4v) is 1.40. The van der Waals surface area contributed by atoms with Gasteiger partial charge in [0.15, 0.2) is 0 Å². The number of hydrazone groups is 1. The zero-order chi connectivity index (χ0) is 15.1. The maximum atomic E-state index is 11.4. The summed E-state index contributed by atoms with van der Waals surface area (Å²) in [5.41, 5.74) is 4.09. The summed E-state index contributed by atoms with van der Waals surface area (Å²) in [5.74, 6) is -1.47. The summed E-state index contributed by atoms with van der Waals surface area (Å²) >= 11 is 0. The molecule has 0 unspecified atom stereocenters. The Morgan fingerprint density at radius 2 is 1.75 bits per heavy atom. The molecule has 0 bridgehead atoms. The Labute approximate surface area is 118 Å². The van der Waals surface area contributed by atoms with Gasteiger partial charge in [0.25, 0.3) is 0 Å². The first-order chi connectivity index (χ1) is 9.40. The van der Waals surface area contributed by atoms with Crippen molar-refractivity contribution in [3.8, 4) is 0 Å². The second kappa shape index (κ2) is 7.28. The fourth-order valence-electron chi connectivity index (χ4n) is 1.40. The molecule has 0 saturated heterocycles. The van der Waals surface area contributed by atoms with E-state index in [4.69, 9.17) is 0 Å². The molecule has 0 aliphatic rings. The van der Waals surface area contributed by atoms with E-state index >= 15 is 0 Å². The van der Waals surface area contributed by atoms with Gasteiger partial charge >= 0.3 is 11.8 Å². The third kappa shape index (κ3) is 5.09. The van der Waals surface area contributed by atoms with Crippen molar-refractivity contribution in [3.05, 3.63) is 29.8 Å². The van der Waals surface area contributed by atoms with Gasteiger partial charge in [0, 0.05) is 25.8 Å². The smallest absolute Gasteiger partial charge is 0.329 e. The molecule has 0 aliphatic heterocycles. The predicted molar refractivity (Wildman–Crippen MR) is 79.8 cm³/mol. The van der Waals surface area contributed by atoms with Crippen molar-refractivity contribution >= 4 is 23.7 Å². The van der Waals surface area contributed by atoms with Gasteiger partial charge in [-0.1, -0.05) is 12.1 Å². The van der Waals surface area contributed by atoms with Crippen LogP contribution in [0.2, 0.25) is 0 Å². The Hall–Kier alpha value is -2.37. The molecular weight excluding hydrogens is 256 g/mol. The largest absolute Gasteiger partial charge is 0.378 e. The van der Waals surface area contributed by atoms with Crippen LogP contribution in [0, 0.1) is 0 Å². The summed E-state index contributed by atoms with van der Waals surface area (Å²) in [6.07, 6.45) is 1.49. The normalized spacial score (nSPS) is 10.7. The number of nitrogens with zero attached hydrogens (tertiary/aromatic N) is 2. The summed E-state index contributed by atoms with van der Waals surface area (Å²) in [6.45, 7) is 3.56. The van der Waals surface area contributed by atoms with E-state index in [-0.39, 0.29) is 6.04 Å². The first kappa shape index (κ1) is 15.7. The standard InChI is InChI=1S/C14H20N4O2/c1-10(2)16-13(19)14(20)17-15-9-11-5-7-12(8-6-11)18(3)4/h5-10H,1-4H3,(H,16,19)(H,17,20)/b15-9-. The van der Waals surface area contributed by atoms with Crippen molar-refractivity contribution in [1.82, 2.24) is 10.7 Å². The van der Waals surface area contributed by atoms with Crippen molar-refractivity contribution in [2.24, 2.45) is 5.10 Å². The molecule has 0 aromatic heterocycles. The molecule has 0 spiro atoms. The van der Waals surface area contributed by atoms with Crippen molar-refractivity contribution in [2.75, 3.05) is 19.0 Å². The average molecular weight is 276 g/mol. The lowest BCUT2D eigenvalue weighted by Crippen LogP contribution is -2.41. The summed E-state index contributed by atoms with van der Waals surface area (Å²) in [6, 6.07) is 7.54. The van der Waals surface area contributed by atoms with Crippen LogP contribution in [0.3, 0.4) is 0 Å². The van der Waals surface area contributed by atoms with Gasteiger partial charge in [-0.2, -0.15) is 5.10 Å². The average Bonchev–Trinajstić information content (AvgIpc) is 2.38. The number of hydrogen-bond acceptors (Lipinski definition) is 4. The summed E-state index contributed by atoms with van der Waals surface area (Å²) in [5, 5.41) is 6.23. The Morgan fingerprint density at radius 3 is 2.25 bits per heavy atom. The number of anilines is 1. The van der Waals surface area contributed by atoms with Gasteiger partial charge in [0.1, 0.15) is 0 Å². The highest BCUT2D eigenvalue weighted by Crippen LogP contribution is 2.10.